The largest absolute Gasteiger partial charge is 0.508 e. The molecule has 0 unspecified atom stereocenters. The molecule has 0 saturated heterocycles. The predicted molar refractivity (Wildman–Crippen MR) is 130 cm³/mol. The molecule has 182 valence electrons. The van der Waals surface area contributed by atoms with Crippen LogP contribution in [0.2, 0.25) is 0 Å². The van der Waals surface area contributed by atoms with E-state index in [-0.39, 0.29) is 51.4 Å². The number of aryl methyl sites for hydroxylation is 1. The summed E-state index contributed by atoms with van der Waals surface area (Å²) >= 11 is 6.25. The van der Waals surface area contributed by atoms with Crippen LogP contribution in [0.3, 0.4) is 0 Å². The zero-order chi connectivity index (χ0) is 25.0. The molecule has 0 saturated carbocycles. The number of hydrogen-bond acceptors (Lipinski definition) is 6. The topological polar surface area (TPSA) is 78.2 Å². The van der Waals surface area contributed by atoms with Gasteiger partial charge < -0.3 is 19.8 Å². The van der Waals surface area contributed by atoms with Gasteiger partial charge in [0.1, 0.15) is 29.8 Å². The van der Waals surface area contributed by atoms with Gasteiger partial charge in [0.15, 0.2) is 11.7 Å². The number of benzene rings is 1. The van der Waals surface area contributed by atoms with Crippen molar-refractivity contribution in [2.75, 3.05) is 20.4 Å². The number of rotatable bonds is 7. The summed E-state index contributed by atoms with van der Waals surface area (Å²) in [6.07, 6.45) is 3.48. The molecule has 2 aromatic rings. The van der Waals surface area contributed by atoms with Crippen molar-refractivity contribution in [2.24, 2.45) is 4.99 Å². The summed E-state index contributed by atoms with van der Waals surface area (Å²) in [6, 6.07) is 2.80. The van der Waals surface area contributed by atoms with Crippen molar-refractivity contribution in [2.45, 2.75) is 39.5 Å². The van der Waals surface area contributed by atoms with Crippen molar-refractivity contribution in [3.8, 4) is 17.0 Å². The Morgan fingerprint density at radius 2 is 2.06 bits per heavy atom. The number of unbranched alkanes of at least 4 members (excludes halogenated alkanes) is 1. The van der Waals surface area contributed by atoms with Crippen LogP contribution in [0.4, 0.5) is 8.78 Å². The van der Waals surface area contributed by atoms with Crippen LogP contribution in [-0.2, 0) is 11.2 Å². The van der Waals surface area contributed by atoms with E-state index in [4.69, 9.17) is 16.3 Å². The average molecular weight is 492 g/mol. The van der Waals surface area contributed by atoms with E-state index < -0.39 is 11.6 Å². The molecule has 3 rings (SSSR count). The first-order valence-electron chi connectivity index (χ1n) is 11.0. The van der Waals surface area contributed by atoms with E-state index in [0.717, 1.165) is 12.8 Å². The number of halogens is 3. The Morgan fingerprint density at radius 1 is 1.32 bits per heavy atom. The van der Waals surface area contributed by atoms with Crippen LogP contribution in [0.5, 0.6) is 5.75 Å². The summed E-state index contributed by atoms with van der Waals surface area (Å²) in [7, 11) is 1.46. The zero-order valence-electron chi connectivity index (χ0n) is 19.5. The Bertz CT molecular complexity index is 1260. The van der Waals surface area contributed by atoms with E-state index in [1.165, 1.54) is 25.4 Å². The van der Waals surface area contributed by atoms with E-state index >= 15 is 4.39 Å². The second kappa shape index (κ2) is 11.0. The van der Waals surface area contributed by atoms with Crippen molar-refractivity contribution >= 4 is 34.9 Å². The van der Waals surface area contributed by atoms with Gasteiger partial charge in [-0.1, -0.05) is 31.5 Å². The van der Waals surface area contributed by atoms with Gasteiger partial charge in [-0.15, -0.1) is 0 Å². The first-order valence-corrected chi connectivity index (χ1v) is 11.3. The van der Waals surface area contributed by atoms with Crippen molar-refractivity contribution < 1.29 is 23.7 Å². The quantitative estimate of drug-likeness (QED) is 0.347. The highest BCUT2D eigenvalue weighted by atomic mass is 35.5. The molecule has 0 aliphatic heterocycles. The molecule has 0 spiro atoms. The number of phenolic OH excluding ortho intramolecular Hbond substituents is 1. The maximum atomic E-state index is 15.7. The van der Waals surface area contributed by atoms with Crippen LogP contribution >= 0.6 is 11.6 Å². The molecule has 1 aliphatic rings. The minimum absolute atomic E-state index is 0.0175. The fraction of sp³-hybridized carbons (Fsp3) is 0.360. The molecular formula is C25H28ClF2N3O3. The number of ether oxygens (including phenoxy) is 1. The first-order chi connectivity index (χ1) is 16.2. The number of aromatic nitrogens is 1. The number of methoxy groups -OCH3 is 1. The molecule has 9 heteroatoms. The van der Waals surface area contributed by atoms with E-state index in [1.807, 2.05) is 6.92 Å². The van der Waals surface area contributed by atoms with Crippen LogP contribution in [0.1, 0.15) is 44.2 Å². The lowest BCUT2D eigenvalue weighted by Crippen LogP contribution is -2.37. The fourth-order valence-corrected chi connectivity index (χ4v) is 4.13. The number of aliphatic hydroxyl groups is 1. The van der Waals surface area contributed by atoms with Gasteiger partial charge in [0.2, 0.25) is 0 Å². The summed E-state index contributed by atoms with van der Waals surface area (Å²) in [4.78, 5) is 10.3. The van der Waals surface area contributed by atoms with Gasteiger partial charge in [0.25, 0.3) is 0 Å². The van der Waals surface area contributed by atoms with E-state index in [9.17, 15) is 14.6 Å². The summed E-state index contributed by atoms with van der Waals surface area (Å²) in [5.41, 5.74) is 0.964. The highest BCUT2D eigenvalue weighted by Gasteiger charge is 2.25. The lowest BCUT2D eigenvalue weighted by molar-refractivity contribution is 0.156. The van der Waals surface area contributed by atoms with Crippen LogP contribution in [0.15, 0.2) is 29.1 Å². The van der Waals surface area contributed by atoms with Crippen molar-refractivity contribution in [1.82, 2.24) is 9.88 Å². The molecule has 1 aromatic carbocycles. The SMILES string of the molecule is C=c1c(F)c(-c2cc(O)cc3c2C(Cl)=C(F)CC3)nc/c1=C(/N=C(\C)OC)N(CO)CCCC. The smallest absolute Gasteiger partial charge is 0.186 e. The number of aliphatic hydroxyl groups excluding tert-OH is 1. The monoisotopic (exact) mass is 491 g/mol. The number of hydrogen-bond donors (Lipinski definition) is 2. The number of aromatic hydroxyl groups is 1. The number of allylic oxidation sites excluding steroid dienone is 1. The van der Waals surface area contributed by atoms with Crippen LogP contribution in [0, 0.1) is 5.82 Å². The van der Waals surface area contributed by atoms with E-state index in [2.05, 4.69) is 16.6 Å². The minimum Gasteiger partial charge on any atom is -0.508 e. The Morgan fingerprint density at radius 3 is 2.71 bits per heavy atom. The molecule has 1 heterocycles. The lowest BCUT2D eigenvalue weighted by atomic mass is 9.90. The van der Waals surface area contributed by atoms with Crippen molar-refractivity contribution in [3.05, 3.63) is 51.5 Å². The second-order valence-electron chi connectivity index (χ2n) is 7.98. The van der Waals surface area contributed by atoms with E-state index in [1.54, 1.807) is 11.8 Å². The normalized spacial score (nSPS) is 14.7. The molecule has 34 heavy (non-hydrogen) atoms. The number of fused-ring (bicyclic) bond motifs is 1. The van der Waals surface area contributed by atoms with Gasteiger partial charge in [0, 0.05) is 47.7 Å². The van der Waals surface area contributed by atoms with Gasteiger partial charge in [-0.25, -0.2) is 8.78 Å². The second-order valence-corrected chi connectivity index (χ2v) is 8.35. The van der Waals surface area contributed by atoms with Gasteiger partial charge in [0.05, 0.1) is 12.1 Å². The summed E-state index contributed by atoms with van der Waals surface area (Å²) in [5.74, 6) is -0.794. The van der Waals surface area contributed by atoms with Crippen LogP contribution in [-0.4, -0.2) is 46.4 Å². The third-order valence-corrected chi connectivity index (χ3v) is 6.10. The van der Waals surface area contributed by atoms with Crippen LogP contribution in [0.25, 0.3) is 28.7 Å². The van der Waals surface area contributed by atoms with Crippen molar-refractivity contribution in [1.29, 1.82) is 0 Å². The number of aliphatic imine (C=N–C) groups is 1. The third kappa shape index (κ3) is 5.08. The average Bonchev–Trinajstić information content (AvgIpc) is 2.82. The maximum absolute atomic E-state index is 15.7. The van der Waals surface area contributed by atoms with Gasteiger partial charge in [-0.3, -0.25) is 4.98 Å². The van der Waals surface area contributed by atoms with Gasteiger partial charge in [-0.05, 0) is 30.5 Å². The van der Waals surface area contributed by atoms with E-state index in [0.29, 0.717) is 30.0 Å². The third-order valence-electron chi connectivity index (χ3n) is 5.70. The van der Waals surface area contributed by atoms with Gasteiger partial charge >= 0.3 is 0 Å². The standard InChI is InChI=1S/C25H28ClF2N3O3/c1-5-6-9-31(13-32)25(30-15(3)34-4)19-12-29-24(23(28)14(19)2)18-11-17(33)10-16-7-8-20(27)22(26)21(16)18/h10-12,32-33H,2,5-9,13H2,1,3-4H3/b25-19+,30-15+. The van der Waals surface area contributed by atoms with Crippen LogP contribution < -0.4 is 10.4 Å². The molecule has 2 N–H and O–H groups in total. The van der Waals surface area contributed by atoms with Crippen molar-refractivity contribution in [3.63, 3.8) is 0 Å². The highest BCUT2D eigenvalue weighted by Crippen LogP contribution is 2.42. The maximum Gasteiger partial charge on any atom is 0.186 e. The molecule has 1 aromatic heterocycles. The number of nitrogens with zero attached hydrogens (tertiary/aromatic N) is 3. The molecule has 0 amide bonds. The Kier molecular flexibility index (Phi) is 8.28. The minimum atomic E-state index is -0.767. The summed E-state index contributed by atoms with van der Waals surface area (Å²) < 4.78 is 35.2. The van der Waals surface area contributed by atoms with Gasteiger partial charge in [-0.2, -0.15) is 4.99 Å². The molecule has 0 radical (unpaired) electrons. The highest BCUT2D eigenvalue weighted by molar-refractivity contribution is 6.50. The molecule has 0 bridgehead atoms. The number of pyridine rings is 1. The lowest BCUT2D eigenvalue weighted by Gasteiger charge is -2.23. The Balaban J connectivity index is 2.31. The predicted octanol–water partition coefficient (Wildman–Crippen LogP) is 4.01. The molecule has 0 atom stereocenters. The molecule has 1 aliphatic carbocycles. The summed E-state index contributed by atoms with van der Waals surface area (Å²) in [6.45, 7) is 7.67. The molecule has 6 nitrogen and oxygen atoms in total. The molecule has 0 fully saturated rings. The number of phenols is 1. The first kappa shape index (κ1) is 25.6. The Hall–Kier alpha value is -2.97. The fourth-order valence-electron chi connectivity index (χ4n) is 3.81. The molecular weight excluding hydrogens is 464 g/mol. The zero-order valence-corrected chi connectivity index (χ0v) is 20.2. The summed E-state index contributed by atoms with van der Waals surface area (Å²) in [5, 5.41) is 20.3. The Labute approximate surface area is 202 Å².